The standard InChI is InChI=1S/C17H14N2O/c20-17-9-8-14(13-5-2-1-3-6-13)11-16(17)19-12-15-7-4-10-18-15/h1-12,18,20H/b19-12+. The molecular formula is C17H14N2O. The van der Waals surface area contributed by atoms with E-state index < -0.39 is 0 Å². The summed E-state index contributed by atoms with van der Waals surface area (Å²) in [4.78, 5) is 7.37. The van der Waals surface area contributed by atoms with E-state index in [1.54, 1.807) is 12.3 Å². The Bertz CT molecular complexity index is 716. The second kappa shape index (κ2) is 5.45. The van der Waals surface area contributed by atoms with E-state index in [1.807, 2.05) is 60.8 Å². The maximum atomic E-state index is 9.89. The van der Waals surface area contributed by atoms with Crippen molar-refractivity contribution in [3.63, 3.8) is 0 Å². The first-order valence-corrected chi connectivity index (χ1v) is 6.39. The van der Waals surface area contributed by atoms with Gasteiger partial charge < -0.3 is 10.1 Å². The van der Waals surface area contributed by atoms with Crippen LogP contribution in [0.15, 0.2) is 71.9 Å². The number of rotatable bonds is 3. The van der Waals surface area contributed by atoms with Crippen LogP contribution in [0.3, 0.4) is 0 Å². The number of hydrogen-bond acceptors (Lipinski definition) is 2. The Kier molecular flexibility index (Phi) is 3.33. The highest BCUT2D eigenvalue weighted by Gasteiger charge is 2.03. The largest absolute Gasteiger partial charge is 0.506 e. The minimum atomic E-state index is 0.174. The number of aromatic nitrogens is 1. The monoisotopic (exact) mass is 262 g/mol. The molecule has 0 aliphatic rings. The highest BCUT2D eigenvalue weighted by molar-refractivity contribution is 5.81. The average Bonchev–Trinajstić information content (AvgIpc) is 3.01. The third-order valence-electron chi connectivity index (χ3n) is 3.05. The van der Waals surface area contributed by atoms with Gasteiger partial charge in [-0.1, -0.05) is 36.4 Å². The zero-order valence-electron chi connectivity index (χ0n) is 10.8. The summed E-state index contributed by atoms with van der Waals surface area (Å²) in [5.41, 5.74) is 3.58. The van der Waals surface area contributed by atoms with Gasteiger partial charge >= 0.3 is 0 Å². The van der Waals surface area contributed by atoms with Gasteiger partial charge in [-0.15, -0.1) is 0 Å². The summed E-state index contributed by atoms with van der Waals surface area (Å²) in [6.07, 6.45) is 3.53. The Morgan fingerprint density at radius 1 is 0.900 bits per heavy atom. The molecule has 0 fully saturated rings. The average molecular weight is 262 g/mol. The van der Waals surface area contributed by atoms with Crippen molar-refractivity contribution >= 4 is 11.9 Å². The molecule has 0 saturated carbocycles. The SMILES string of the molecule is Oc1ccc(-c2ccccc2)cc1/N=C/c1ccc[nH]1. The molecule has 0 spiro atoms. The molecule has 20 heavy (non-hydrogen) atoms. The van der Waals surface area contributed by atoms with Gasteiger partial charge in [0.1, 0.15) is 11.4 Å². The van der Waals surface area contributed by atoms with Gasteiger partial charge in [0.2, 0.25) is 0 Å². The lowest BCUT2D eigenvalue weighted by Crippen LogP contribution is -1.80. The van der Waals surface area contributed by atoms with Crippen molar-refractivity contribution < 1.29 is 5.11 Å². The Hall–Kier alpha value is -2.81. The Morgan fingerprint density at radius 3 is 2.50 bits per heavy atom. The minimum Gasteiger partial charge on any atom is -0.506 e. The number of benzene rings is 2. The number of phenols is 1. The van der Waals surface area contributed by atoms with E-state index in [1.165, 1.54) is 0 Å². The highest BCUT2D eigenvalue weighted by atomic mass is 16.3. The molecule has 0 radical (unpaired) electrons. The van der Waals surface area contributed by atoms with Gasteiger partial charge in [-0.25, -0.2) is 0 Å². The topological polar surface area (TPSA) is 48.4 Å². The van der Waals surface area contributed by atoms with Gasteiger partial charge in [-0.2, -0.15) is 0 Å². The van der Waals surface area contributed by atoms with Crippen molar-refractivity contribution in [1.82, 2.24) is 4.98 Å². The van der Waals surface area contributed by atoms with Crippen molar-refractivity contribution in [3.05, 3.63) is 72.6 Å². The van der Waals surface area contributed by atoms with Crippen LogP contribution in [-0.4, -0.2) is 16.3 Å². The molecule has 0 bridgehead atoms. The summed E-state index contributed by atoms with van der Waals surface area (Å²) >= 11 is 0. The molecule has 0 saturated heterocycles. The van der Waals surface area contributed by atoms with Crippen molar-refractivity contribution in [1.29, 1.82) is 0 Å². The van der Waals surface area contributed by atoms with Crippen molar-refractivity contribution in [3.8, 4) is 16.9 Å². The third kappa shape index (κ3) is 2.62. The molecule has 3 heteroatoms. The van der Waals surface area contributed by atoms with Crippen LogP contribution < -0.4 is 0 Å². The van der Waals surface area contributed by atoms with Crippen molar-refractivity contribution in [2.45, 2.75) is 0 Å². The van der Waals surface area contributed by atoms with Gasteiger partial charge in [0.25, 0.3) is 0 Å². The van der Waals surface area contributed by atoms with E-state index in [0.29, 0.717) is 5.69 Å². The molecule has 1 heterocycles. The molecule has 3 nitrogen and oxygen atoms in total. The lowest BCUT2D eigenvalue weighted by atomic mass is 10.1. The zero-order valence-corrected chi connectivity index (χ0v) is 10.8. The number of nitrogens with one attached hydrogen (secondary N) is 1. The molecule has 3 rings (SSSR count). The first-order chi connectivity index (χ1) is 9.83. The second-order valence-corrected chi connectivity index (χ2v) is 4.45. The Balaban J connectivity index is 1.95. The second-order valence-electron chi connectivity index (χ2n) is 4.45. The normalized spacial score (nSPS) is 11.0. The van der Waals surface area contributed by atoms with Crippen LogP contribution in [0, 0.1) is 0 Å². The predicted molar refractivity (Wildman–Crippen MR) is 81.6 cm³/mol. The molecule has 2 N–H and O–H groups in total. The van der Waals surface area contributed by atoms with Crippen LogP contribution in [0.2, 0.25) is 0 Å². The van der Waals surface area contributed by atoms with Crippen LogP contribution in [0.4, 0.5) is 5.69 Å². The molecule has 0 aliphatic carbocycles. The quantitative estimate of drug-likeness (QED) is 0.685. The summed E-state index contributed by atoms with van der Waals surface area (Å²) in [6.45, 7) is 0. The van der Waals surface area contributed by atoms with Crippen LogP contribution >= 0.6 is 0 Å². The molecule has 3 aromatic rings. The molecule has 1 aromatic heterocycles. The molecule has 0 amide bonds. The van der Waals surface area contributed by atoms with Crippen LogP contribution in [-0.2, 0) is 0 Å². The summed E-state index contributed by atoms with van der Waals surface area (Å²) in [5.74, 6) is 0.174. The van der Waals surface area contributed by atoms with Gasteiger partial charge in [0, 0.05) is 6.20 Å². The first-order valence-electron chi connectivity index (χ1n) is 6.39. The van der Waals surface area contributed by atoms with Crippen LogP contribution in [0.25, 0.3) is 11.1 Å². The summed E-state index contributed by atoms with van der Waals surface area (Å²) in [5, 5.41) is 9.89. The zero-order chi connectivity index (χ0) is 13.8. The number of aliphatic imine (C=N–C) groups is 1. The Labute approximate surface area is 117 Å². The number of aromatic amines is 1. The lowest BCUT2D eigenvalue weighted by Gasteiger charge is -2.04. The number of aromatic hydroxyl groups is 1. The smallest absolute Gasteiger partial charge is 0.141 e. The fourth-order valence-electron chi connectivity index (χ4n) is 2.00. The fourth-order valence-corrected chi connectivity index (χ4v) is 2.00. The number of nitrogens with zero attached hydrogens (tertiary/aromatic N) is 1. The third-order valence-corrected chi connectivity index (χ3v) is 3.05. The van der Waals surface area contributed by atoms with E-state index in [2.05, 4.69) is 9.98 Å². The molecular weight excluding hydrogens is 248 g/mol. The van der Waals surface area contributed by atoms with E-state index in [4.69, 9.17) is 0 Å². The summed E-state index contributed by atoms with van der Waals surface area (Å²) in [7, 11) is 0. The predicted octanol–water partition coefficient (Wildman–Crippen LogP) is 4.14. The van der Waals surface area contributed by atoms with Crippen molar-refractivity contribution in [2.24, 2.45) is 4.99 Å². The fraction of sp³-hybridized carbons (Fsp3) is 0. The number of H-pyrrole nitrogens is 1. The molecule has 2 aromatic carbocycles. The first kappa shape index (κ1) is 12.2. The van der Waals surface area contributed by atoms with Crippen LogP contribution in [0.5, 0.6) is 5.75 Å². The molecule has 98 valence electrons. The van der Waals surface area contributed by atoms with E-state index in [0.717, 1.165) is 16.8 Å². The van der Waals surface area contributed by atoms with Gasteiger partial charge in [-0.05, 0) is 35.4 Å². The van der Waals surface area contributed by atoms with Gasteiger partial charge in [0.15, 0.2) is 0 Å². The summed E-state index contributed by atoms with van der Waals surface area (Å²) < 4.78 is 0. The van der Waals surface area contributed by atoms with Gasteiger partial charge in [0.05, 0.1) is 11.9 Å². The molecule has 0 aliphatic heterocycles. The number of phenolic OH excluding ortho intramolecular Hbond substituents is 1. The molecule has 0 atom stereocenters. The summed E-state index contributed by atoms with van der Waals surface area (Å²) in [6, 6.07) is 19.3. The number of hydrogen-bond donors (Lipinski definition) is 2. The van der Waals surface area contributed by atoms with Crippen LogP contribution in [0.1, 0.15) is 5.69 Å². The Morgan fingerprint density at radius 2 is 1.75 bits per heavy atom. The maximum absolute atomic E-state index is 9.89. The lowest BCUT2D eigenvalue weighted by molar-refractivity contribution is 0.477. The minimum absolute atomic E-state index is 0.174. The highest BCUT2D eigenvalue weighted by Crippen LogP contribution is 2.31. The van der Waals surface area contributed by atoms with E-state index in [9.17, 15) is 5.11 Å². The van der Waals surface area contributed by atoms with E-state index in [-0.39, 0.29) is 5.75 Å². The van der Waals surface area contributed by atoms with E-state index >= 15 is 0 Å². The van der Waals surface area contributed by atoms with Gasteiger partial charge in [-0.3, -0.25) is 4.99 Å². The molecule has 0 unspecified atom stereocenters. The maximum Gasteiger partial charge on any atom is 0.141 e. The van der Waals surface area contributed by atoms with Crippen molar-refractivity contribution in [2.75, 3.05) is 0 Å².